The average Bonchev–Trinajstić information content (AvgIpc) is 2.48. The highest BCUT2D eigenvalue weighted by Gasteiger charge is 2.42. The van der Waals surface area contributed by atoms with Crippen LogP contribution in [0.2, 0.25) is 0 Å². The Morgan fingerprint density at radius 3 is 2.44 bits per heavy atom. The maximum absolute atomic E-state index is 12.0. The Bertz CT molecular complexity index is 253. The van der Waals surface area contributed by atoms with E-state index in [1.165, 1.54) is 0 Å². The zero-order valence-corrected chi connectivity index (χ0v) is 10.1. The number of piperidine rings is 1. The first-order valence-electron chi connectivity index (χ1n) is 6.18. The number of hydrogen-bond acceptors (Lipinski definition) is 3. The summed E-state index contributed by atoms with van der Waals surface area (Å²) in [6.45, 7) is 4.05. The summed E-state index contributed by atoms with van der Waals surface area (Å²) in [4.78, 5) is 13.9. The molecular weight excluding hydrogens is 206 g/mol. The number of rotatable bonds is 3. The molecule has 2 aliphatic heterocycles. The molecule has 2 atom stereocenters. The largest absolute Gasteiger partial charge is 0.393 e. The molecule has 2 rings (SSSR count). The van der Waals surface area contributed by atoms with E-state index < -0.39 is 0 Å². The molecule has 0 aliphatic carbocycles. The molecule has 16 heavy (non-hydrogen) atoms. The van der Waals surface area contributed by atoms with E-state index in [1.807, 2.05) is 18.7 Å². The Hall–Kier alpha value is -0.610. The predicted molar refractivity (Wildman–Crippen MR) is 60.0 cm³/mol. The standard InChI is InChI=1S/C12H21NO3/c1-8(2)16-7-12(15)13-9-3-4-10(13)6-11(14)5-9/h8-11,14H,3-7H2,1-2H3. The number of carbonyl (C=O) groups excluding carboxylic acids is 1. The molecule has 1 N–H and O–H groups in total. The van der Waals surface area contributed by atoms with Gasteiger partial charge in [0.15, 0.2) is 0 Å². The van der Waals surface area contributed by atoms with Crippen LogP contribution in [0.3, 0.4) is 0 Å². The number of fused-ring (bicyclic) bond motifs is 2. The van der Waals surface area contributed by atoms with Crippen molar-refractivity contribution in [2.75, 3.05) is 6.61 Å². The van der Waals surface area contributed by atoms with Gasteiger partial charge in [0.1, 0.15) is 6.61 Å². The summed E-state index contributed by atoms with van der Waals surface area (Å²) in [5.74, 6) is 0.0908. The minimum absolute atomic E-state index is 0.0908. The zero-order valence-electron chi connectivity index (χ0n) is 10.1. The van der Waals surface area contributed by atoms with Crippen molar-refractivity contribution in [3.63, 3.8) is 0 Å². The normalized spacial score (nSPS) is 33.5. The second-order valence-electron chi connectivity index (χ2n) is 5.17. The SMILES string of the molecule is CC(C)OCC(=O)N1C2CCC1CC(O)C2. The van der Waals surface area contributed by atoms with Gasteiger partial charge in [0.2, 0.25) is 5.91 Å². The van der Waals surface area contributed by atoms with E-state index in [0.29, 0.717) is 0 Å². The van der Waals surface area contributed by atoms with Gasteiger partial charge in [-0.15, -0.1) is 0 Å². The summed E-state index contributed by atoms with van der Waals surface area (Å²) in [7, 11) is 0. The van der Waals surface area contributed by atoms with Crippen LogP contribution >= 0.6 is 0 Å². The predicted octanol–water partition coefficient (Wildman–Crippen LogP) is 0.926. The fourth-order valence-electron chi connectivity index (χ4n) is 2.87. The molecular formula is C12H21NO3. The van der Waals surface area contributed by atoms with Gasteiger partial charge in [-0.1, -0.05) is 0 Å². The zero-order chi connectivity index (χ0) is 11.7. The van der Waals surface area contributed by atoms with E-state index in [1.54, 1.807) is 0 Å². The number of amides is 1. The average molecular weight is 227 g/mol. The van der Waals surface area contributed by atoms with Gasteiger partial charge < -0.3 is 14.7 Å². The summed E-state index contributed by atoms with van der Waals surface area (Å²) >= 11 is 0. The van der Waals surface area contributed by atoms with Crippen molar-refractivity contribution in [3.8, 4) is 0 Å². The van der Waals surface area contributed by atoms with Gasteiger partial charge in [-0.25, -0.2) is 0 Å². The number of carbonyl (C=O) groups is 1. The van der Waals surface area contributed by atoms with Crippen LogP contribution in [-0.2, 0) is 9.53 Å². The molecule has 0 aromatic heterocycles. The van der Waals surface area contributed by atoms with Gasteiger partial charge in [0, 0.05) is 12.1 Å². The van der Waals surface area contributed by atoms with E-state index >= 15 is 0 Å². The first-order valence-corrected chi connectivity index (χ1v) is 6.18. The van der Waals surface area contributed by atoms with Gasteiger partial charge in [0.25, 0.3) is 0 Å². The fourth-order valence-corrected chi connectivity index (χ4v) is 2.87. The molecule has 2 bridgehead atoms. The van der Waals surface area contributed by atoms with Gasteiger partial charge in [-0.2, -0.15) is 0 Å². The number of ether oxygens (including phenoxy) is 1. The van der Waals surface area contributed by atoms with Crippen molar-refractivity contribution in [2.24, 2.45) is 0 Å². The topological polar surface area (TPSA) is 49.8 Å². The maximum atomic E-state index is 12.0. The van der Waals surface area contributed by atoms with Gasteiger partial charge in [-0.3, -0.25) is 4.79 Å². The van der Waals surface area contributed by atoms with E-state index in [2.05, 4.69) is 0 Å². The van der Waals surface area contributed by atoms with E-state index in [4.69, 9.17) is 4.74 Å². The molecule has 0 radical (unpaired) electrons. The Labute approximate surface area is 96.6 Å². The molecule has 2 heterocycles. The van der Waals surface area contributed by atoms with Crippen LogP contribution in [0.1, 0.15) is 39.5 Å². The van der Waals surface area contributed by atoms with Crippen molar-refractivity contribution >= 4 is 5.91 Å². The monoisotopic (exact) mass is 227 g/mol. The molecule has 2 aliphatic rings. The van der Waals surface area contributed by atoms with E-state index in [0.717, 1.165) is 25.7 Å². The Morgan fingerprint density at radius 2 is 1.94 bits per heavy atom. The van der Waals surface area contributed by atoms with Crippen LogP contribution in [0.5, 0.6) is 0 Å². The lowest BCUT2D eigenvalue weighted by Crippen LogP contribution is -2.49. The third kappa shape index (κ3) is 2.38. The molecule has 4 heteroatoms. The Kier molecular flexibility index (Phi) is 3.50. The summed E-state index contributed by atoms with van der Waals surface area (Å²) in [5.41, 5.74) is 0. The van der Waals surface area contributed by atoms with Crippen molar-refractivity contribution in [1.82, 2.24) is 4.90 Å². The molecule has 92 valence electrons. The molecule has 0 aromatic carbocycles. The lowest BCUT2D eigenvalue weighted by atomic mass is 10.00. The van der Waals surface area contributed by atoms with Crippen LogP contribution in [0, 0.1) is 0 Å². The smallest absolute Gasteiger partial charge is 0.249 e. The quantitative estimate of drug-likeness (QED) is 0.780. The molecule has 2 fully saturated rings. The molecule has 2 saturated heterocycles. The second kappa shape index (κ2) is 4.72. The van der Waals surface area contributed by atoms with Crippen LogP contribution < -0.4 is 0 Å². The van der Waals surface area contributed by atoms with Crippen LogP contribution in [0.4, 0.5) is 0 Å². The minimum atomic E-state index is -0.215. The fraction of sp³-hybridized carbons (Fsp3) is 0.917. The first kappa shape index (κ1) is 11.9. The van der Waals surface area contributed by atoms with Gasteiger partial charge in [-0.05, 0) is 39.5 Å². The van der Waals surface area contributed by atoms with Gasteiger partial charge >= 0.3 is 0 Å². The maximum Gasteiger partial charge on any atom is 0.249 e. The molecule has 2 unspecified atom stereocenters. The third-order valence-corrected chi connectivity index (χ3v) is 3.54. The Morgan fingerprint density at radius 1 is 1.38 bits per heavy atom. The second-order valence-corrected chi connectivity index (χ2v) is 5.17. The lowest BCUT2D eigenvalue weighted by Gasteiger charge is -2.37. The van der Waals surface area contributed by atoms with E-state index in [-0.39, 0.29) is 36.8 Å². The number of aliphatic hydroxyl groups excluding tert-OH is 1. The minimum Gasteiger partial charge on any atom is -0.393 e. The molecule has 1 amide bonds. The molecule has 0 saturated carbocycles. The third-order valence-electron chi connectivity index (χ3n) is 3.54. The van der Waals surface area contributed by atoms with Crippen LogP contribution in [0.25, 0.3) is 0 Å². The number of aliphatic hydroxyl groups is 1. The van der Waals surface area contributed by atoms with Crippen LogP contribution in [0.15, 0.2) is 0 Å². The Balaban J connectivity index is 1.92. The van der Waals surface area contributed by atoms with Crippen molar-refractivity contribution in [3.05, 3.63) is 0 Å². The summed E-state index contributed by atoms with van der Waals surface area (Å²) in [6, 6.07) is 0.494. The van der Waals surface area contributed by atoms with Crippen molar-refractivity contribution in [1.29, 1.82) is 0 Å². The first-order chi connectivity index (χ1) is 7.58. The van der Waals surface area contributed by atoms with Crippen molar-refractivity contribution in [2.45, 2.75) is 63.8 Å². The summed E-state index contributed by atoms with van der Waals surface area (Å²) < 4.78 is 5.35. The highest BCUT2D eigenvalue weighted by molar-refractivity contribution is 5.78. The van der Waals surface area contributed by atoms with Crippen molar-refractivity contribution < 1.29 is 14.6 Å². The summed E-state index contributed by atoms with van der Waals surface area (Å²) in [6.07, 6.45) is 3.43. The summed E-state index contributed by atoms with van der Waals surface area (Å²) in [5, 5.41) is 9.64. The molecule has 4 nitrogen and oxygen atoms in total. The highest BCUT2D eigenvalue weighted by Crippen LogP contribution is 2.35. The molecule has 0 aromatic rings. The van der Waals surface area contributed by atoms with Gasteiger partial charge in [0.05, 0.1) is 12.2 Å². The number of hydrogen-bond donors (Lipinski definition) is 1. The van der Waals surface area contributed by atoms with E-state index in [9.17, 15) is 9.90 Å². The highest BCUT2D eigenvalue weighted by atomic mass is 16.5. The number of nitrogens with zero attached hydrogens (tertiary/aromatic N) is 1. The van der Waals surface area contributed by atoms with Crippen LogP contribution in [-0.4, -0.2) is 46.8 Å². The molecule has 0 spiro atoms. The lowest BCUT2D eigenvalue weighted by molar-refractivity contribution is -0.143.